The van der Waals surface area contributed by atoms with Gasteiger partial charge in [0, 0.05) is 30.0 Å². The van der Waals surface area contributed by atoms with Crippen molar-refractivity contribution in [2.45, 2.75) is 29.6 Å². The van der Waals surface area contributed by atoms with Crippen molar-refractivity contribution < 1.29 is 53.5 Å². The zero-order valence-electron chi connectivity index (χ0n) is 31.6. The molecule has 0 aromatic heterocycles. The Morgan fingerprint density at radius 1 is 0.738 bits per heavy atom. The third-order valence-corrected chi connectivity index (χ3v) is 11.0. The highest BCUT2D eigenvalue weighted by molar-refractivity contribution is 7.90. The van der Waals surface area contributed by atoms with Crippen molar-refractivity contribution in [1.82, 2.24) is 0 Å². The van der Waals surface area contributed by atoms with Crippen LogP contribution in [0.5, 0.6) is 11.5 Å². The van der Waals surface area contributed by atoms with E-state index >= 15 is 0 Å². The molecule has 61 heavy (non-hydrogen) atoms. The first-order chi connectivity index (χ1) is 28.8. The van der Waals surface area contributed by atoms with E-state index in [2.05, 4.69) is 47.1 Å². The molecule has 0 aliphatic heterocycles. The van der Waals surface area contributed by atoms with Crippen molar-refractivity contribution in [3.8, 4) is 11.5 Å². The van der Waals surface area contributed by atoms with Crippen LogP contribution in [-0.4, -0.2) is 57.0 Å². The van der Waals surface area contributed by atoms with Gasteiger partial charge < -0.3 is 20.5 Å². The zero-order valence-corrected chi connectivity index (χ0v) is 34.1. The summed E-state index contributed by atoms with van der Waals surface area (Å²) in [6.45, 7) is 1.65. The maximum atomic E-state index is 12.4. The first-order valence-electron chi connectivity index (χ1n) is 17.4. The van der Waals surface area contributed by atoms with Crippen LogP contribution < -0.4 is 15.4 Å². The van der Waals surface area contributed by atoms with Gasteiger partial charge in [0.15, 0.2) is 5.75 Å². The highest BCUT2D eigenvalue weighted by atomic mass is 32.2. The molecule has 0 atom stereocenters. The highest BCUT2D eigenvalue weighted by Crippen LogP contribution is 2.43. The van der Waals surface area contributed by atoms with Crippen LogP contribution in [0.4, 0.5) is 45.5 Å². The first kappa shape index (κ1) is 43.6. The lowest BCUT2D eigenvalue weighted by atomic mass is 10.1. The van der Waals surface area contributed by atoms with E-state index in [9.17, 15) is 48.8 Å². The molecule has 0 radical (unpaired) electrons. The van der Waals surface area contributed by atoms with Crippen LogP contribution in [0.1, 0.15) is 19.8 Å². The predicted molar refractivity (Wildman–Crippen MR) is 222 cm³/mol. The normalized spacial score (nSPS) is 13.5. The Morgan fingerprint density at radius 2 is 1.38 bits per heavy atom. The summed E-state index contributed by atoms with van der Waals surface area (Å²) in [7, 11) is -12.5. The molecular formula is C38H32N8O12S3. The van der Waals surface area contributed by atoms with Crippen molar-refractivity contribution in [1.29, 1.82) is 0 Å². The number of carbonyl (C=O) groups is 1. The number of aromatic hydroxyl groups is 1. The van der Waals surface area contributed by atoms with Gasteiger partial charge in [0.1, 0.15) is 32.6 Å². The molecule has 0 fully saturated rings. The van der Waals surface area contributed by atoms with Crippen LogP contribution >= 0.6 is 0 Å². The Bertz CT molecular complexity index is 3130. The Morgan fingerprint density at radius 3 is 2.02 bits per heavy atom. The highest BCUT2D eigenvalue weighted by Gasteiger charge is 2.23. The van der Waals surface area contributed by atoms with Gasteiger partial charge in [0.25, 0.3) is 20.2 Å². The summed E-state index contributed by atoms with van der Waals surface area (Å²) in [6.07, 6.45) is 3.07. The Balaban J connectivity index is 1.27. The van der Waals surface area contributed by atoms with Crippen LogP contribution in [0.15, 0.2) is 154 Å². The summed E-state index contributed by atoms with van der Waals surface area (Å²) in [5, 5.41) is 42.0. The maximum Gasteiger partial charge on any atom is 0.302 e. The number of amides is 1. The van der Waals surface area contributed by atoms with Gasteiger partial charge in [0.05, 0.1) is 40.5 Å². The molecular weight excluding hydrogens is 857 g/mol. The Labute approximate surface area is 347 Å². The third-order valence-electron chi connectivity index (χ3n) is 8.45. The van der Waals surface area contributed by atoms with E-state index in [1.54, 1.807) is 13.0 Å². The number of phenolic OH excluding ortho intramolecular Hbond substituents is 1. The molecule has 5 aromatic rings. The molecule has 6 N–H and O–H groups in total. The second kappa shape index (κ2) is 17.7. The molecule has 0 saturated heterocycles. The van der Waals surface area contributed by atoms with Crippen LogP contribution in [0.25, 0.3) is 10.8 Å². The largest absolute Gasteiger partial charge is 0.505 e. The van der Waals surface area contributed by atoms with Gasteiger partial charge in [-0.15, -0.1) is 15.3 Å². The molecule has 6 rings (SSSR count). The third kappa shape index (κ3) is 10.8. The Kier molecular flexibility index (Phi) is 12.7. The minimum Gasteiger partial charge on any atom is -0.505 e. The SMILES string of the molecule is CCC(=O)Nc1cc(N=Nc2ccc(N=Nc3c(S(=O)(=O)O)cc4ccc(NC5=C=C(S(=O)(=O)O)C=CC5)cc4c3O)c(OC)c2)ccc1N=Nc1ccc(S(=O)(=O)O)cc1. The van der Waals surface area contributed by atoms with E-state index in [1.165, 1.54) is 79.9 Å². The molecule has 0 saturated carbocycles. The minimum absolute atomic E-state index is 0.0586. The predicted octanol–water partition coefficient (Wildman–Crippen LogP) is 9.27. The summed E-state index contributed by atoms with van der Waals surface area (Å²) in [5.74, 6) is -0.893. The number of ether oxygens (including phenoxy) is 1. The lowest BCUT2D eigenvalue weighted by Crippen LogP contribution is -2.09. The van der Waals surface area contributed by atoms with Gasteiger partial charge in [-0.1, -0.05) is 24.8 Å². The average Bonchev–Trinajstić information content (AvgIpc) is 3.21. The standard InChI is InChI=1S/C38H32N8O12S3/c1-3-36(47)40-33-20-26(11-15-31(33)44-41-23-9-13-28(14-10-23)59(49,50)51)42-43-27-12-16-32(34(21-27)58-2)45-46-37-35(61(55,56)57)17-22-7-8-25(19-30(22)38(37)48)39-24-5-4-6-29(18-24)60(52,53)54/h4,6-17,19-21,39,48H,3,5H2,1-2H3,(H,40,47)(H,49,50,51)(H,52,53,54)(H,55,56,57). The summed E-state index contributed by atoms with van der Waals surface area (Å²) < 4.78 is 105. The number of nitrogens with one attached hydrogen (secondary N) is 2. The topological polar surface area (TPSA) is 308 Å². The fourth-order valence-corrected chi connectivity index (χ4v) is 7.14. The first-order valence-corrected chi connectivity index (χ1v) is 21.8. The van der Waals surface area contributed by atoms with Crippen LogP contribution in [0.3, 0.4) is 0 Å². The molecule has 20 nitrogen and oxygen atoms in total. The fraction of sp³-hybridized carbons (Fsp3) is 0.105. The van der Waals surface area contributed by atoms with E-state index in [0.717, 1.165) is 18.2 Å². The Hall–Kier alpha value is -6.98. The summed E-state index contributed by atoms with van der Waals surface area (Å²) in [4.78, 5) is 10.8. The van der Waals surface area contributed by atoms with Crippen LogP contribution in [-0.2, 0) is 35.1 Å². The van der Waals surface area contributed by atoms with E-state index in [1.807, 2.05) is 0 Å². The van der Waals surface area contributed by atoms with Crippen LogP contribution in [0.2, 0.25) is 0 Å². The van der Waals surface area contributed by atoms with Gasteiger partial charge in [-0.2, -0.15) is 40.6 Å². The lowest BCUT2D eigenvalue weighted by Gasteiger charge is -2.13. The van der Waals surface area contributed by atoms with Gasteiger partial charge in [-0.25, -0.2) is 0 Å². The molecule has 314 valence electrons. The van der Waals surface area contributed by atoms with E-state index in [0.29, 0.717) is 11.4 Å². The van der Waals surface area contributed by atoms with Crippen molar-refractivity contribution in [3.63, 3.8) is 0 Å². The van der Waals surface area contributed by atoms with Crippen molar-refractivity contribution in [3.05, 3.63) is 113 Å². The summed E-state index contributed by atoms with van der Waals surface area (Å²) in [6, 6.07) is 19.3. The molecule has 0 spiro atoms. The quantitative estimate of drug-likeness (QED) is 0.0344. The molecule has 5 aromatic carbocycles. The molecule has 23 heteroatoms. The average molecular weight is 889 g/mol. The smallest absolute Gasteiger partial charge is 0.302 e. The molecule has 1 amide bonds. The number of methoxy groups -OCH3 is 1. The zero-order chi connectivity index (χ0) is 44.1. The maximum absolute atomic E-state index is 12.4. The number of nitrogens with zero attached hydrogens (tertiary/aromatic N) is 6. The molecule has 1 aliphatic carbocycles. The summed E-state index contributed by atoms with van der Waals surface area (Å²) >= 11 is 0. The van der Waals surface area contributed by atoms with Gasteiger partial charge >= 0.3 is 10.1 Å². The summed E-state index contributed by atoms with van der Waals surface area (Å²) in [5.41, 5.74) is 3.94. The van der Waals surface area contributed by atoms with Crippen molar-refractivity contribution in [2.75, 3.05) is 17.7 Å². The van der Waals surface area contributed by atoms with Gasteiger partial charge in [-0.3, -0.25) is 18.5 Å². The second-order valence-corrected chi connectivity index (χ2v) is 16.9. The number of allylic oxidation sites excluding steroid dienone is 1. The number of anilines is 2. The van der Waals surface area contributed by atoms with Crippen molar-refractivity contribution in [2.24, 2.45) is 30.7 Å². The fourth-order valence-electron chi connectivity index (χ4n) is 5.48. The number of azo groups is 3. The van der Waals surface area contributed by atoms with E-state index in [-0.39, 0.29) is 74.3 Å². The number of carbonyl (C=O) groups excluding carboxylic acids is 1. The van der Waals surface area contributed by atoms with Crippen molar-refractivity contribution >= 4 is 92.5 Å². The van der Waals surface area contributed by atoms with Crippen LogP contribution in [0, 0.1) is 0 Å². The number of fused-ring (bicyclic) bond motifs is 1. The number of rotatable bonds is 14. The van der Waals surface area contributed by atoms with Gasteiger partial charge in [-0.05, 0) is 84.3 Å². The minimum atomic E-state index is -4.95. The molecule has 1 aliphatic rings. The number of hydrogen-bond acceptors (Lipinski definition) is 16. The monoisotopic (exact) mass is 888 g/mol. The molecule has 0 bridgehead atoms. The lowest BCUT2D eigenvalue weighted by molar-refractivity contribution is -0.115. The van der Waals surface area contributed by atoms with Gasteiger partial charge in [0.2, 0.25) is 5.91 Å². The molecule has 0 unspecified atom stereocenters. The second-order valence-electron chi connectivity index (χ2n) is 12.7. The number of phenols is 1. The van der Waals surface area contributed by atoms with E-state index in [4.69, 9.17) is 4.74 Å². The molecule has 0 heterocycles. The number of benzene rings is 5. The van der Waals surface area contributed by atoms with E-state index < -0.39 is 51.6 Å². The number of hydrogen-bond donors (Lipinski definition) is 6.